The van der Waals surface area contributed by atoms with E-state index in [1.165, 1.54) is 44.0 Å². The van der Waals surface area contributed by atoms with Crippen LogP contribution < -0.4 is 4.90 Å². The molecule has 0 unspecified atom stereocenters. The molecule has 0 aliphatic heterocycles. The van der Waals surface area contributed by atoms with E-state index < -0.39 is 0 Å². The van der Waals surface area contributed by atoms with E-state index in [9.17, 15) is 0 Å². The molecule has 166 valence electrons. The molecule has 7 rings (SSSR count). The molecule has 0 atom stereocenters. The van der Waals surface area contributed by atoms with Crippen LogP contribution in [-0.4, -0.2) is 4.57 Å². The molecule has 7 aromatic rings. The third-order valence-corrected chi connectivity index (χ3v) is 7.49. The number of benzene rings is 6. The number of aromatic nitrogens is 1. The zero-order valence-corrected chi connectivity index (χ0v) is 20.5. The smallest absolute Gasteiger partial charge is 0.0548 e. The lowest BCUT2D eigenvalue weighted by atomic mass is 10.00. The number of para-hydroxylation sites is 3. The number of anilines is 3. The second-order valence-electron chi connectivity index (χ2n) is 8.76. The molecule has 0 N–H and O–H groups in total. The molecule has 0 aliphatic rings. The van der Waals surface area contributed by atoms with Crippen LogP contribution in [-0.2, 0) is 0 Å². The third kappa shape index (κ3) is 3.09. The van der Waals surface area contributed by atoms with Crippen molar-refractivity contribution in [3.63, 3.8) is 0 Å². The maximum absolute atomic E-state index is 3.81. The molecule has 0 radical (unpaired) electrons. The van der Waals surface area contributed by atoms with Crippen LogP contribution in [0.3, 0.4) is 0 Å². The van der Waals surface area contributed by atoms with Crippen molar-refractivity contribution in [3.05, 3.63) is 132 Å². The Morgan fingerprint density at radius 1 is 0.486 bits per heavy atom. The van der Waals surface area contributed by atoms with E-state index in [4.69, 9.17) is 0 Å². The van der Waals surface area contributed by atoms with E-state index >= 15 is 0 Å². The minimum Gasteiger partial charge on any atom is -0.310 e. The molecular weight excluding hydrogens is 492 g/mol. The largest absolute Gasteiger partial charge is 0.310 e. The second-order valence-corrected chi connectivity index (χ2v) is 9.61. The molecule has 0 bridgehead atoms. The van der Waals surface area contributed by atoms with Crippen molar-refractivity contribution < 1.29 is 0 Å². The van der Waals surface area contributed by atoms with Gasteiger partial charge in [0.2, 0.25) is 0 Å². The Labute approximate surface area is 212 Å². The lowest BCUT2D eigenvalue weighted by Crippen LogP contribution is -2.10. The predicted octanol–water partition coefficient (Wildman–Crippen LogP) is 9.61. The summed E-state index contributed by atoms with van der Waals surface area (Å²) >= 11 is 3.81. The van der Waals surface area contributed by atoms with Gasteiger partial charge in [0, 0.05) is 37.7 Å². The molecular formula is C32H21BrN2. The Balaban J connectivity index is 1.61. The number of nitrogens with zero attached hydrogens (tertiary/aromatic N) is 2. The summed E-state index contributed by atoms with van der Waals surface area (Å²) in [6.07, 6.45) is 0. The Morgan fingerprint density at radius 2 is 1.00 bits per heavy atom. The van der Waals surface area contributed by atoms with E-state index in [0.29, 0.717) is 0 Å². The standard InChI is InChI=1S/C32H21BrN2/c33-27-18-19-29-31-25(27)16-17-26-28(20-21-30(32(26)31)35(29)24-14-8-3-9-15-24)34(22-10-4-1-5-11-22)23-12-6-2-7-13-23/h1-21H. The van der Waals surface area contributed by atoms with E-state index in [2.05, 4.69) is 153 Å². The number of rotatable bonds is 4. The van der Waals surface area contributed by atoms with Crippen LogP contribution in [0.4, 0.5) is 17.1 Å². The van der Waals surface area contributed by atoms with Crippen LogP contribution in [0.2, 0.25) is 0 Å². The summed E-state index contributed by atoms with van der Waals surface area (Å²) in [5.41, 5.74) is 7.06. The van der Waals surface area contributed by atoms with Gasteiger partial charge in [-0.1, -0.05) is 82.7 Å². The van der Waals surface area contributed by atoms with Crippen molar-refractivity contribution in [3.8, 4) is 5.69 Å². The van der Waals surface area contributed by atoms with Gasteiger partial charge in [-0.2, -0.15) is 0 Å². The Hall–Kier alpha value is -4.08. The van der Waals surface area contributed by atoms with Gasteiger partial charge in [0.05, 0.1) is 16.7 Å². The van der Waals surface area contributed by atoms with Crippen LogP contribution in [0, 0.1) is 0 Å². The molecule has 0 aliphatic carbocycles. The van der Waals surface area contributed by atoms with Gasteiger partial charge in [0.25, 0.3) is 0 Å². The molecule has 2 nitrogen and oxygen atoms in total. The monoisotopic (exact) mass is 512 g/mol. The van der Waals surface area contributed by atoms with E-state index in [-0.39, 0.29) is 0 Å². The van der Waals surface area contributed by atoms with Gasteiger partial charge in [-0.15, -0.1) is 0 Å². The summed E-state index contributed by atoms with van der Waals surface area (Å²) in [6.45, 7) is 0. The summed E-state index contributed by atoms with van der Waals surface area (Å²) < 4.78 is 3.50. The fourth-order valence-corrected chi connectivity index (χ4v) is 5.80. The molecule has 0 fully saturated rings. The summed E-state index contributed by atoms with van der Waals surface area (Å²) in [6, 6.07) is 45.3. The average molecular weight is 513 g/mol. The minimum absolute atomic E-state index is 1.12. The molecule has 35 heavy (non-hydrogen) atoms. The molecule has 1 aromatic heterocycles. The van der Waals surface area contributed by atoms with E-state index in [1.54, 1.807) is 0 Å². The minimum atomic E-state index is 1.12. The lowest BCUT2D eigenvalue weighted by molar-refractivity contribution is 1.18. The number of hydrogen-bond acceptors (Lipinski definition) is 1. The number of halogens is 1. The van der Waals surface area contributed by atoms with Crippen LogP contribution in [0.15, 0.2) is 132 Å². The first-order valence-corrected chi connectivity index (χ1v) is 12.5. The highest BCUT2D eigenvalue weighted by Crippen LogP contribution is 2.46. The van der Waals surface area contributed by atoms with Gasteiger partial charge in [-0.05, 0) is 66.0 Å². The van der Waals surface area contributed by atoms with Crippen molar-refractivity contribution in [1.82, 2.24) is 4.57 Å². The third-order valence-electron chi connectivity index (χ3n) is 6.80. The van der Waals surface area contributed by atoms with E-state index in [1.807, 2.05) is 0 Å². The average Bonchev–Trinajstić information content (AvgIpc) is 3.26. The Morgan fingerprint density at radius 3 is 1.63 bits per heavy atom. The van der Waals surface area contributed by atoms with Gasteiger partial charge < -0.3 is 9.47 Å². The zero-order chi connectivity index (χ0) is 23.4. The van der Waals surface area contributed by atoms with Crippen molar-refractivity contribution in [2.75, 3.05) is 4.90 Å². The molecule has 6 aromatic carbocycles. The van der Waals surface area contributed by atoms with Crippen LogP contribution in [0.5, 0.6) is 0 Å². The van der Waals surface area contributed by atoms with Crippen LogP contribution in [0.25, 0.3) is 38.3 Å². The quantitative estimate of drug-likeness (QED) is 0.213. The topological polar surface area (TPSA) is 8.17 Å². The van der Waals surface area contributed by atoms with Crippen molar-refractivity contribution in [1.29, 1.82) is 0 Å². The van der Waals surface area contributed by atoms with E-state index in [0.717, 1.165) is 15.8 Å². The SMILES string of the molecule is Brc1ccc2c3c1ccc1c(N(c4ccccc4)c4ccccc4)ccc(c13)n2-c1ccccc1. The van der Waals surface area contributed by atoms with Crippen LogP contribution >= 0.6 is 15.9 Å². The van der Waals surface area contributed by atoms with Crippen molar-refractivity contribution in [2.24, 2.45) is 0 Å². The maximum atomic E-state index is 3.81. The van der Waals surface area contributed by atoms with Crippen molar-refractivity contribution in [2.45, 2.75) is 0 Å². The van der Waals surface area contributed by atoms with Gasteiger partial charge in [0.1, 0.15) is 0 Å². The molecule has 0 saturated heterocycles. The maximum Gasteiger partial charge on any atom is 0.0548 e. The van der Waals surface area contributed by atoms with Gasteiger partial charge >= 0.3 is 0 Å². The summed E-state index contributed by atoms with van der Waals surface area (Å²) in [5, 5.41) is 5.05. The Kier molecular flexibility index (Phi) is 4.64. The highest BCUT2D eigenvalue weighted by molar-refractivity contribution is 9.10. The van der Waals surface area contributed by atoms with Gasteiger partial charge in [-0.3, -0.25) is 0 Å². The normalized spacial score (nSPS) is 11.6. The first-order valence-electron chi connectivity index (χ1n) is 11.7. The lowest BCUT2D eigenvalue weighted by Gasteiger charge is -2.27. The second kappa shape index (κ2) is 8.00. The molecule has 0 amide bonds. The first kappa shape index (κ1) is 20.3. The Bertz CT molecular complexity index is 1750. The molecule has 3 heteroatoms. The summed E-state index contributed by atoms with van der Waals surface area (Å²) in [4.78, 5) is 2.35. The highest BCUT2D eigenvalue weighted by Gasteiger charge is 2.22. The fraction of sp³-hybridized carbons (Fsp3) is 0. The molecule has 0 spiro atoms. The van der Waals surface area contributed by atoms with Crippen LogP contribution in [0.1, 0.15) is 0 Å². The van der Waals surface area contributed by atoms with Crippen molar-refractivity contribution >= 4 is 65.6 Å². The first-order chi connectivity index (χ1) is 17.3. The summed E-state index contributed by atoms with van der Waals surface area (Å²) in [5.74, 6) is 0. The molecule has 0 saturated carbocycles. The van der Waals surface area contributed by atoms with Gasteiger partial charge in [0.15, 0.2) is 0 Å². The fourth-order valence-electron chi connectivity index (χ4n) is 5.34. The predicted molar refractivity (Wildman–Crippen MR) is 152 cm³/mol. The van der Waals surface area contributed by atoms with Gasteiger partial charge in [-0.25, -0.2) is 0 Å². The number of hydrogen-bond donors (Lipinski definition) is 0. The molecule has 1 heterocycles. The zero-order valence-electron chi connectivity index (χ0n) is 18.9. The highest BCUT2D eigenvalue weighted by atomic mass is 79.9. The summed E-state index contributed by atoms with van der Waals surface area (Å²) in [7, 11) is 0.